The highest BCUT2D eigenvalue weighted by molar-refractivity contribution is 6.25. The number of cyclic esters (lactones) is 1. The number of nitrogens with zero attached hydrogens (tertiary/aromatic N) is 1. The first-order valence-electron chi connectivity index (χ1n) is 17.0. The standard InChI is InChI=1S/C40H45NO11/c1-27-12-10-17-31(20-27)34(35(44)18-11-19-49-26-33(23-42)50-24-30-15-8-5-9-16-30)22-36(45)37(52-28(2)43)38(48-3)39(46)41-32(25-51-40(41)47)21-29-13-6-4-7-14-29/h4-10,12-17,20,22,32-33,37-38,42H,11,18-19,21,23-26H2,1-3H3/t32-,33-,37+,38-/m1/s1. The maximum absolute atomic E-state index is 13.9. The Labute approximate surface area is 303 Å². The highest BCUT2D eigenvalue weighted by Gasteiger charge is 2.46. The van der Waals surface area contributed by atoms with E-state index in [0.717, 1.165) is 41.7 Å². The lowest BCUT2D eigenvalue weighted by Crippen LogP contribution is -2.53. The maximum atomic E-state index is 13.9. The Kier molecular flexibility index (Phi) is 15.4. The van der Waals surface area contributed by atoms with Crippen LogP contribution in [0.25, 0.3) is 5.57 Å². The van der Waals surface area contributed by atoms with Gasteiger partial charge in [-0.05, 0) is 42.5 Å². The van der Waals surface area contributed by atoms with Gasteiger partial charge in [0, 0.05) is 32.6 Å². The minimum absolute atomic E-state index is 0.00657. The lowest BCUT2D eigenvalue weighted by molar-refractivity contribution is -0.166. The molecular formula is C40H45NO11. The molecule has 0 aromatic heterocycles. The van der Waals surface area contributed by atoms with Crippen LogP contribution in [0.1, 0.15) is 42.0 Å². The van der Waals surface area contributed by atoms with Crippen LogP contribution in [0.4, 0.5) is 4.79 Å². The Hall–Kier alpha value is -5.01. The van der Waals surface area contributed by atoms with Gasteiger partial charge < -0.3 is 28.8 Å². The van der Waals surface area contributed by atoms with E-state index in [1.54, 1.807) is 18.2 Å². The van der Waals surface area contributed by atoms with E-state index in [1.165, 1.54) is 0 Å². The van der Waals surface area contributed by atoms with Crippen molar-refractivity contribution >= 4 is 35.1 Å². The highest BCUT2D eigenvalue weighted by atomic mass is 16.6. The van der Waals surface area contributed by atoms with Gasteiger partial charge in [-0.2, -0.15) is 0 Å². The number of aliphatic hydroxyl groups excluding tert-OH is 1. The fourth-order valence-corrected chi connectivity index (χ4v) is 5.69. The van der Waals surface area contributed by atoms with E-state index in [1.807, 2.05) is 73.7 Å². The summed E-state index contributed by atoms with van der Waals surface area (Å²) in [6.07, 6.45) is -3.38. The SMILES string of the molecule is CO[C@@H](C(=O)N1C(=O)OC[C@H]1Cc1ccccc1)[C@@H](OC(C)=O)C(=O)C=C(C(=O)CCCOC[C@@H](CO)OCc1ccccc1)c1cccc(C)c1. The molecule has 0 unspecified atom stereocenters. The monoisotopic (exact) mass is 715 g/mol. The van der Waals surface area contributed by atoms with Gasteiger partial charge in [0.25, 0.3) is 5.91 Å². The Morgan fingerprint density at radius 1 is 0.962 bits per heavy atom. The zero-order valence-corrected chi connectivity index (χ0v) is 29.6. The summed E-state index contributed by atoms with van der Waals surface area (Å²) < 4.78 is 27.4. The molecule has 1 N–H and O–H groups in total. The minimum atomic E-state index is -1.82. The number of imide groups is 1. The van der Waals surface area contributed by atoms with Crippen molar-refractivity contribution in [2.45, 2.75) is 64.1 Å². The van der Waals surface area contributed by atoms with Crippen molar-refractivity contribution in [3.8, 4) is 0 Å². The Morgan fingerprint density at radius 2 is 1.65 bits per heavy atom. The predicted molar refractivity (Wildman–Crippen MR) is 190 cm³/mol. The van der Waals surface area contributed by atoms with E-state index in [9.17, 15) is 29.1 Å². The molecule has 4 rings (SSSR count). The first kappa shape index (κ1) is 39.8. The smallest absolute Gasteiger partial charge is 0.417 e. The molecule has 12 heteroatoms. The number of benzene rings is 3. The summed E-state index contributed by atoms with van der Waals surface area (Å²) in [6, 6.07) is 25.0. The maximum Gasteiger partial charge on any atom is 0.417 e. The van der Waals surface area contributed by atoms with Gasteiger partial charge in [-0.25, -0.2) is 9.69 Å². The summed E-state index contributed by atoms with van der Waals surface area (Å²) in [5.74, 6) is -3.08. The van der Waals surface area contributed by atoms with Crippen molar-refractivity contribution < 1.29 is 52.8 Å². The van der Waals surface area contributed by atoms with Gasteiger partial charge >= 0.3 is 12.1 Å². The Balaban J connectivity index is 1.48. The molecule has 4 atom stereocenters. The lowest BCUT2D eigenvalue weighted by Gasteiger charge is -2.28. The van der Waals surface area contributed by atoms with Crippen LogP contribution >= 0.6 is 0 Å². The zero-order chi connectivity index (χ0) is 37.5. The number of rotatable bonds is 20. The van der Waals surface area contributed by atoms with Gasteiger partial charge in [-0.3, -0.25) is 19.2 Å². The Morgan fingerprint density at radius 3 is 2.29 bits per heavy atom. The Bertz CT molecular complexity index is 1690. The third-order valence-electron chi connectivity index (χ3n) is 8.30. The van der Waals surface area contributed by atoms with Gasteiger partial charge in [-0.15, -0.1) is 0 Å². The van der Waals surface area contributed by atoms with Gasteiger partial charge in [0.15, 0.2) is 23.8 Å². The van der Waals surface area contributed by atoms with Crippen molar-refractivity contribution in [3.05, 3.63) is 113 Å². The zero-order valence-electron chi connectivity index (χ0n) is 29.6. The molecule has 0 saturated carbocycles. The average Bonchev–Trinajstić information content (AvgIpc) is 3.50. The van der Waals surface area contributed by atoms with E-state index < -0.39 is 53.9 Å². The number of carbonyl (C=O) groups is 5. The summed E-state index contributed by atoms with van der Waals surface area (Å²) in [5.41, 5.74) is 3.12. The minimum Gasteiger partial charge on any atom is -0.451 e. The van der Waals surface area contributed by atoms with Crippen molar-refractivity contribution in [2.24, 2.45) is 0 Å². The number of esters is 1. The second kappa shape index (κ2) is 20.1. The van der Waals surface area contributed by atoms with Crippen LogP contribution < -0.4 is 0 Å². The number of carbonyl (C=O) groups excluding carboxylic acids is 5. The molecule has 3 aromatic rings. The molecule has 0 bridgehead atoms. The number of amides is 2. The van der Waals surface area contributed by atoms with Crippen LogP contribution in [0.15, 0.2) is 91.0 Å². The summed E-state index contributed by atoms with van der Waals surface area (Å²) in [5, 5.41) is 9.71. The van der Waals surface area contributed by atoms with Gasteiger partial charge in [0.05, 0.1) is 25.9 Å². The quantitative estimate of drug-likeness (QED) is 0.100. The molecular weight excluding hydrogens is 670 g/mol. The van der Waals surface area contributed by atoms with Gasteiger partial charge in [0.2, 0.25) is 0 Å². The van der Waals surface area contributed by atoms with E-state index >= 15 is 0 Å². The molecule has 12 nitrogen and oxygen atoms in total. The molecule has 1 heterocycles. The van der Waals surface area contributed by atoms with Crippen LogP contribution in [0, 0.1) is 6.92 Å². The summed E-state index contributed by atoms with van der Waals surface area (Å²) >= 11 is 0. The van der Waals surface area contributed by atoms with Gasteiger partial charge in [-0.1, -0.05) is 90.5 Å². The third-order valence-corrected chi connectivity index (χ3v) is 8.30. The second-order valence-electron chi connectivity index (χ2n) is 12.3. The fourth-order valence-electron chi connectivity index (χ4n) is 5.69. The van der Waals surface area contributed by atoms with Crippen molar-refractivity contribution in [3.63, 3.8) is 0 Å². The van der Waals surface area contributed by atoms with Crippen molar-refractivity contribution in [1.29, 1.82) is 0 Å². The second-order valence-corrected chi connectivity index (χ2v) is 12.3. The van der Waals surface area contributed by atoms with Crippen LogP contribution in [-0.2, 0) is 55.9 Å². The first-order chi connectivity index (χ1) is 25.1. The number of Topliss-reactive ketones (excluding diaryl/α,β-unsaturated/α-hetero) is 1. The molecule has 1 fully saturated rings. The van der Waals surface area contributed by atoms with Gasteiger partial charge in [0.1, 0.15) is 12.7 Å². The molecule has 1 saturated heterocycles. The average molecular weight is 716 g/mol. The first-order valence-corrected chi connectivity index (χ1v) is 17.0. The molecule has 1 aliphatic rings. The fraction of sp³-hybridized carbons (Fsp3) is 0.375. The number of hydrogen-bond acceptors (Lipinski definition) is 11. The summed E-state index contributed by atoms with van der Waals surface area (Å²) in [6.45, 7) is 3.20. The number of ketones is 2. The molecule has 2 amide bonds. The van der Waals surface area contributed by atoms with E-state index in [-0.39, 0.29) is 44.8 Å². The molecule has 0 aliphatic carbocycles. The van der Waals surface area contributed by atoms with Crippen LogP contribution in [0.2, 0.25) is 0 Å². The summed E-state index contributed by atoms with van der Waals surface area (Å²) in [7, 11) is 1.16. The van der Waals surface area contributed by atoms with E-state index in [2.05, 4.69) is 0 Å². The number of methoxy groups -OCH3 is 1. The molecule has 276 valence electrons. The number of hydrogen-bond donors (Lipinski definition) is 1. The number of allylic oxidation sites excluding steroid dienone is 1. The van der Waals surface area contributed by atoms with E-state index in [4.69, 9.17) is 23.7 Å². The van der Waals surface area contributed by atoms with Crippen molar-refractivity contribution in [2.75, 3.05) is 33.5 Å². The third kappa shape index (κ3) is 11.5. The lowest BCUT2D eigenvalue weighted by atomic mass is 9.94. The largest absolute Gasteiger partial charge is 0.451 e. The van der Waals surface area contributed by atoms with E-state index in [0.29, 0.717) is 18.6 Å². The number of aliphatic hydroxyl groups is 1. The van der Waals surface area contributed by atoms with Crippen LogP contribution in [-0.4, -0.2) is 97.4 Å². The normalized spacial score (nSPS) is 16.2. The highest BCUT2D eigenvalue weighted by Crippen LogP contribution is 2.24. The molecule has 3 aromatic carbocycles. The molecule has 0 radical (unpaired) electrons. The van der Waals surface area contributed by atoms with Crippen LogP contribution in [0.5, 0.6) is 0 Å². The van der Waals surface area contributed by atoms with Crippen LogP contribution in [0.3, 0.4) is 0 Å². The summed E-state index contributed by atoms with van der Waals surface area (Å²) in [4.78, 5) is 67.4. The molecule has 52 heavy (non-hydrogen) atoms. The molecule has 1 aliphatic heterocycles. The predicted octanol–water partition coefficient (Wildman–Crippen LogP) is 4.43. The number of aryl methyl sites for hydroxylation is 1. The molecule has 0 spiro atoms. The number of ether oxygens (including phenoxy) is 5. The van der Waals surface area contributed by atoms with Crippen molar-refractivity contribution in [1.82, 2.24) is 4.90 Å². The topological polar surface area (TPSA) is 155 Å².